The highest BCUT2D eigenvalue weighted by Crippen LogP contribution is 2.24. The summed E-state index contributed by atoms with van der Waals surface area (Å²) in [5.41, 5.74) is 12.6. The molecule has 0 saturated heterocycles. The Labute approximate surface area is 162 Å². The van der Waals surface area contributed by atoms with Crippen molar-refractivity contribution in [2.24, 2.45) is 5.10 Å². The van der Waals surface area contributed by atoms with E-state index in [0.29, 0.717) is 17.6 Å². The summed E-state index contributed by atoms with van der Waals surface area (Å²) < 4.78 is 11.5. The molecular weight excluding hydrogens is 360 g/mol. The van der Waals surface area contributed by atoms with Gasteiger partial charge in [-0.3, -0.25) is 5.43 Å². The van der Waals surface area contributed by atoms with E-state index in [9.17, 15) is 0 Å². The molecule has 2 aromatic carbocycles. The lowest BCUT2D eigenvalue weighted by Crippen LogP contribution is -2.01. The van der Waals surface area contributed by atoms with Gasteiger partial charge in [-0.2, -0.15) is 5.10 Å². The summed E-state index contributed by atoms with van der Waals surface area (Å²) in [6.07, 6.45) is 1.72. The van der Waals surface area contributed by atoms with Gasteiger partial charge in [-0.15, -0.1) is 11.3 Å². The lowest BCUT2D eigenvalue weighted by Gasteiger charge is -2.13. The van der Waals surface area contributed by atoms with Gasteiger partial charge >= 0.3 is 0 Å². The zero-order valence-electron chi connectivity index (χ0n) is 15.5. The van der Waals surface area contributed by atoms with E-state index in [2.05, 4.69) is 27.6 Å². The van der Waals surface area contributed by atoms with E-state index in [-0.39, 0.29) is 0 Å². The van der Waals surface area contributed by atoms with E-state index < -0.39 is 0 Å². The van der Waals surface area contributed by atoms with Crippen molar-refractivity contribution in [3.05, 3.63) is 64.0 Å². The molecule has 1 aromatic heterocycles. The Bertz CT molecular complexity index is 953. The van der Waals surface area contributed by atoms with Crippen LogP contribution < -0.4 is 20.6 Å². The van der Waals surface area contributed by atoms with Gasteiger partial charge in [0, 0.05) is 10.9 Å². The Balaban J connectivity index is 1.72. The topological polar surface area (TPSA) is 81.8 Å². The molecule has 0 fully saturated rings. The van der Waals surface area contributed by atoms with Crippen molar-refractivity contribution >= 4 is 28.5 Å². The number of rotatable bonds is 7. The number of ether oxygens (including phenoxy) is 2. The highest BCUT2D eigenvalue weighted by molar-refractivity contribution is 7.14. The third-order valence-electron chi connectivity index (χ3n) is 3.93. The fourth-order valence-electron chi connectivity index (χ4n) is 2.51. The molecule has 0 aliphatic carbocycles. The number of hydrogen-bond donors (Lipinski definition) is 2. The Morgan fingerprint density at radius 2 is 2.04 bits per heavy atom. The number of thiazole rings is 1. The molecule has 0 spiro atoms. The van der Waals surface area contributed by atoms with E-state index >= 15 is 0 Å². The third kappa shape index (κ3) is 4.98. The minimum absolute atomic E-state index is 0.408. The van der Waals surface area contributed by atoms with Crippen LogP contribution in [0.2, 0.25) is 0 Å². The predicted octanol–water partition coefficient (Wildman–Crippen LogP) is 4.38. The van der Waals surface area contributed by atoms with Gasteiger partial charge in [0.15, 0.2) is 0 Å². The van der Waals surface area contributed by atoms with E-state index in [1.54, 1.807) is 18.7 Å². The molecule has 0 atom stereocenters. The zero-order valence-corrected chi connectivity index (χ0v) is 16.3. The molecule has 3 aromatic rings. The number of hydrogen-bond acceptors (Lipinski definition) is 7. The number of aryl methyl sites for hydroxylation is 2. The monoisotopic (exact) mass is 382 g/mol. The normalized spacial score (nSPS) is 10.9. The smallest absolute Gasteiger partial charge is 0.205 e. The average Bonchev–Trinajstić information content (AvgIpc) is 3.08. The number of anilines is 2. The second-order valence-corrected chi connectivity index (χ2v) is 6.93. The molecule has 1 heterocycles. The molecule has 0 amide bonds. The lowest BCUT2D eigenvalue weighted by molar-refractivity contribution is 0.294. The number of benzene rings is 2. The van der Waals surface area contributed by atoms with E-state index in [1.165, 1.54) is 11.3 Å². The van der Waals surface area contributed by atoms with E-state index in [1.807, 2.05) is 38.1 Å². The highest BCUT2D eigenvalue weighted by atomic mass is 32.1. The van der Waals surface area contributed by atoms with Crippen LogP contribution in [0.15, 0.2) is 46.9 Å². The van der Waals surface area contributed by atoms with Crippen molar-refractivity contribution < 1.29 is 9.47 Å². The molecule has 0 aliphatic rings. The second-order valence-electron chi connectivity index (χ2n) is 6.08. The van der Waals surface area contributed by atoms with Crippen molar-refractivity contribution in [2.75, 3.05) is 18.3 Å². The maximum atomic E-state index is 6.02. The standard InChI is InChI=1S/C20H22N4O2S/c1-13-4-5-14(2)18(8-13)26-11-16-9-15(6-7-17(16)25-3)10-22-24-20-23-19(21)12-27-20/h4-10,12H,11,21H2,1-3H3,(H,23,24). The van der Waals surface area contributed by atoms with Crippen LogP contribution in [0.25, 0.3) is 0 Å². The Morgan fingerprint density at radius 3 is 2.78 bits per heavy atom. The van der Waals surface area contributed by atoms with Gasteiger partial charge < -0.3 is 15.2 Å². The first kappa shape index (κ1) is 18.7. The van der Waals surface area contributed by atoms with Crippen molar-refractivity contribution in [3.8, 4) is 11.5 Å². The number of nitrogen functional groups attached to an aromatic ring is 1. The fourth-order valence-corrected chi connectivity index (χ4v) is 3.06. The minimum Gasteiger partial charge on any atom is -0.496 e. The van der Waals surface area contributed by atoms with Crippen LogP contribution in [0.4, 0.5) is 10.9 Å². The molecular formula is C20H22N4O2S. The average molecular weight is 382 g/mol. The number of nitrogens with zero attached hydrogens (tertiary/aromatic N) is 2. The van der Waals surface area contributed by atoms with Gasteiger partial charge in [-0.05, 0) is 54.8 Å². The molecule has 7 heteroatoms. The van der Waals surface area contributed by atoms with Crippen LogP contribution in [-0.4, -0.2) is 18.3 Å². The summed E-state index contributed by atoms with van der Waals surface area (Å²) in [4.78, 5) is 4.10. The first-order valence-corrected chi connectivity index (χ1v) is 9.30. The molecule has 140 valence electrons. The van der Waals surface area contributed by atoms with Crippen LogP contribution in [0.3, 0.4) is 0 Å². The van der Waals surface area contributed by atoms with Gasteiger partial charge in [0.25, 0.3) is 0 Å². The Morgan fingerprint density at radius 1 is 1.19 bits per heavy atom. The summed E-state index contributed by atoms with van der Waals surface area (Å²) in [5.74, 6) is 2.13. The molecule has 3 N–H and O–H groups in total. The van der Waals surface area contributed by atoms with Gasteiger partial charge in [-0.25, -0.2) is 4.98 Å². The maximum absolute atomic E-state index is 6.02. The predicted molar refractivity (Wildman–Crippen MR) is 111 cm³/mol. The van der Waals surface area contributed by atoms with Crippen molar-refractivity contribution in [1.29, 1.82) is 0 Å². The second kappa shape index (κ2) is 8.55. The molecule has 3 rings (SSSR count). The Hall–Kier alpha value is -3.06. The SMILES string of the molecule is COc1ccc(C=NNc2nc(N)cs2)cc1COc1cc(C)ccc1C. The van der Waals surface area contributed by atoms with Crippen molar-refractivity contribution in [1.82, 2.24) is 4.98 Å². The Kier molecular flexibility index (Phi) is 5.93. The van der Waals surface area contributed by atoms with Gasteiger partial charge in [0.2, 0.25) is 5.13 Å². The summed E-state index contributed by atoms with van der Waals surface area (Å²) in [5, 5.41) is 6.61. The molecule has 0 bridgehead atoms. The molecule has 0 saturated carbocycles. The molecule has 6 nitrogen and oxygen atoms in total. The summed E-state index contributed by atoms with van der Waals surface area (Å²) in [6, 6.07) is 12.0. The van der Waals surface area contributed by atoms with Crippen LogP contribution >= 0.6 is 11.3 Å². The lowest BCUT2D eigenvalue weighted by atomic mass is 10.1. The molecule has 0 aliphatic heterocycles. The number of aromatic nitrogens is 1. The number of nitrogens with one attached hydrogen (secondary N) is 1. The zero-order chi connectivity index (χ0) is 19.2. The van der Waals surface area contributed by atoms with Crippen LogP contribution in [0.1, 0.15) is 22.3 Å². The summed E-state index contributed by atoms with van der Waals surface area (Å²) >= 11 is 1.40. The molecule has 0 radical (unpaired) electrons. The highest BCUT2D eigenvalue weighted by Gasteiger charge is 2.07. The van der Waals surface area contributed by atoms with E-state index in [4.69, 9.17) is 15.2 Å². The largest absolute Gasteiger partial charge is 0.496 e. The first-order valence-electron chi connectivity index (χ1n) is 8.42. The summed E-state index contributed by atoms with van der Waals surface area (Å²) in [7, 11) is 1.65. The van der Waals surface area contributed by atoms with Crippen molar-refractivity contribution in [3.63, 3.8) is 0 Å². The van der Waals surface area contributed by atoms with Gasteiger partial charge in [0.1, 0.15) is 23.9 Å². The first-order chi connectivity index (χ1) is 13.0. The minimum atomic E-state index is 0.408. The van der Waals surface area contributed by atoms with Crippen LogP contribution in [-0.2, 0) is 6.61 Å². The van der Waals surface area contributed by atoms with Crippen LogP contribution in [0.5, 0.6) is 11.5 Å². The maximum Gasteiger partial charge on any atom is 0.205 e. The van der Waals surface area contributed by atoms with Crippen LogP contribution in [0, 0.1) is 13.8 Å². The number of hydrazone groups is 1. The quantitative estimate of drug-likeness (QED) is 0.468. The van der Waals surface area contributed by atoms with E-state index in [0.717, 1.165) is 33.8 Å². The summed E-state index contributed by atoms with van der Waals surface area (Å²) in [6.45, 7) is 4.49. The number of nitrogens with two attached hydrogens (primary N) is 1. The number of methoxy groups -OCH3 is 1. The third-order valence-corrected chi connectivity index (χ3v) is 4.69. The van der Waals surface area contributed by atoms with Crippen molar-refractivity contribution in [2.45, 2.75) is 20.5 Å². The fraction of sp³-hybridized carbons (Fsp3) is 0.200. The molecule has 0 unspecified atom stereocenters. The van der Waals surface area contributed by atoms with Gasteiger partial charge in [-0.1, -0.05) is 12.1 Å². The van der Waals surface area contributed by atoms with Gasteiger partial charge in [0.05, 0.1) is 13.3 Å². The molecule has 27 heavy (non-hydrogen) atoms.